The monoisotopic (exact) mass is 467 g/mol. The fourth-order valence-electron chi connectivity index (χ4n) is 4.05. The van der Waals surface area contributed by atoms with Crippen LogP contribution in [-0.2, 0) is 0 Å². The van der Waals surface area contributed by atoms with Gasteiger partial charge in [0, 0.05) is 12.2 Å². The van der Waals surface area contributed by atoms with Crippen LogP contribution in [0, 0.1) is 0 Å². The number of halogens is 3. The lowest BCUT2D eigenvalue weighted by molar-refractivity contribution is -0.274. The Bertz CT molecular complexity index is 905. The first-order valence-corrected chi connectivity index (χ1v) is 11.0. The molecule has 2 heterocycles. The molecule has 10 heteroatoms. The van der Waals surface area contributed by atoms with Gasteiger partial charge in [-0.25, -0.2) is 0 Å². The zero-order valence-corrected chi connectivity index (χ0v) is 18.1. The van der Waals surface area contributed by atoms with Crippen molar-refractivity contribution in [2.24, 2.45) is 0 Å². The highest BCUT2D eigenvalue weighted by atomic mass is 19.4. The minimum atomic E-state index is -4.72. The van der Waals surface area contributed by atoms with Gasteiger partial charge in [0.2, 0.25) is 0 Å². The average molecular weight is 467 g/mol. The summed E-state index contributed by atoms with van der Waals surface area (Å²) in [4.78, 5) is 2.31. The molecule has 1 saturated heterocycles. The van der Waals surface area contributed by atoms with Crippen LogP contribution in [0.1, 0.15) is 24.5 Å². The molecule has 2 aliphatic rings. The number of ether oxygens (including phenoxy) is 3. The number of aliphatic hydroxyl groups excluding tert-OH is 1. The first-order valence-electron chi connectivity index (χ1n) is 11.0. The molecular weight excluding hydrogens is 439 g/mol. The number of anilines is 1. The highest BCUT2D eigenvalue weighted by Gasteiger charge is 2.31. The Morgan fingerprint density at radius 3 is 2.39 bits per heavy atom. The topological polar surface area (TPSA) is 75.2 Å². The van der Waals surface area contributed by atoms with E-state index >= 15 is 0 Å². The second-order valence-corrected chi connectivity index (χ2v) is 8.09. The van der Waals surface area contributed by atoms with Crippen molar-refractivity contribution in [2.45, 2.75) is 31.3 Å². The van der Waals surface area contributed by atoms with Crippen LogP contribution in [0.25, 0.3) is 0 Å². The normalized spacial score (nSPS) is 18.1. The van der Waals surface area contributed by atoms with Crippen molar-refractivity contribution < 1.29 is 32.5 Å². The first-order chi connectivity index (χ1) is 15.9. The number of nitrogens with zero attached hydrogens (tertiary/aromatic N) is 1. The molecule has 0 aromatic heterocycles. The zero-order valence-electron chi connectivity index (χ0n) is 18.1. The summed E-state index contributed by atoms with van der Waals surface area (Å²) in [5.74, 6) is 1.01. The Kier molecular flexibility index (Phi) is 7.46. The summed E-state index contributed by atoms with van der Waals surface area (Å²) < 4.78 is 52.1. The van der Waals surface area contributed by atoms with E-state index in [9.17, 15) is 18.3 Å². The predicted molar refractivity (Wildman–Crippen MR) is 117 cm³/mol. The molecular formula is C23H28F3N3O4. The van der Waals surface area contributed by atoms with E-state index in [0.29, 0.717) is 43.6 Å². The number of alkyl halides is 3. The number of aliphatic hydroxyl groups is 1. The quantitative estimate of drug-likeness (QED) is 0.488. The standard InChI is InChI=1S/C23H28F3N3O4/c24-23(25,26)33-18-6-4-17(5-7-18)27-15-28-19(14-29-9-1-2-10-29)22(30)16-3-8-20-21(13-16)32-12-11-31-20/h3-8,13,19,22,27-28,30H,1-2,9-12,14-15H2/t19-,22-/m1/s1. The number of likely N-dealkylation sites (tertiary alicyclic amines) is 1. The van der Waals surface area contributed by atoms with E-state index in [1.165, 1.54) is 24.3 Å². The van der Waals surface area contributed by atoms with Gasteiger partial charge in [0.25, 0.3) is 0 Å². The molecule has 3 N–H and O–H groups in total. The lowest BCUT2D eigenvalue weighted by atomic mass is 10.0. The Hall–Kier alpha value is -2.69. The molecule has 0 spiro atoms. The van der Waals surface area contributed by atoms with Crippen LogP contribution in [0.2, 0.25) is 0 Å². The molecule has 0 amide bonds. The van der Waals surface area contributed by atoms with E-state index in [0.717, 1.165) is 31.5 Å². The van der Waals surface area contributed by atoms with Gasteiger partial charge in [-0.2, -0.15) is 0 Å². The number of nitrogens with one attached hydrogen (secondary N) is 2. The maximum absolute atomic E-state index is 12.3. The first kappa shape index (κ1) is 23.5. The summed E-state index contributed by atoms with van der Waals surface area (Å²) in [7, 11) is 0. The summed E-state index contributed by atoms with van der Waals surface area (Å²) >= 11 is 0. The Labute approximate surface area is 190 Å². The highest BCUT2D eigenvalue weighted by Crippen LogP contribution is 2.33. The van der Waals surface area contributed by atoms with Gasteiger partial charge in [-0.05, 0) is 67.9 Å². The van der Waals surface area contributed by atoms with Gasteiger partial charge >= 0.3 is 6.36 Å². The third kappa shape index (κ3) is 6.66. The van der Waals surface area contributed by atoms with Crippen LogP contribution in [0.5, 0.6) is 17.2 Å². The number of hydrogen-bond donors (Lipinski definition) is 3. The molecule has 180 valence electrons. The van der Waals surface area contributed by atoms with Crippen molar-refractivity contribution in [1.82, 2.24) is 10.2 Å². The molecule has 2 atom stereocenters. The summed E-state index contributed by atoms with van der Waals surface area (Å²) in [6.07, 6.45) is -3.23. The van der Waals surface area contributed by atoms with Crippen LogP contribution in [-0.4, -0.2) is 61.9 Å². The number of hydrogen-bond acceptors (Lipinski definition) is 7. The van der Waals surface area contributed by atoms with E-state index in [1.54, 1.807) is 0 Å². The van der Waals surface area contributed by atoms with E-state index in [2.05, 4.69) is 20.3 Å². The summed E-state index contributed by atoms with van der Waals surface area (Å²) in [6.45, 7) is 3.93. The third-order valence-electron chi connectivity index (χ3n) is 5.69. The molecule has 0 unspecified atom stereocenters. The summed E-state index contributed by atoms with van der Waals surface area (Å²) in [5, 5.41) is 17.6. The zero-order chi connectivity index (χ0) is 23.3. The molecule has 1 fully saturated rings. The third-order valence-corrected chi connectivity index (χ3v) is 5.69. The molecule has 2 aliphatic heterocycles. The fourth-order valence-corrected chi connectivity index (χ4v) is 4.05. The van der Waals surface area contributed by atoms with Crippen molar-refractivity contribution in [1.29, 1.82) is 0 Å². The van der Waals surface area contributed by atoms with Crippen molar-refractivity contribution in [3.8, 4) is 17.2 Å². The molecule has 0 bridgehead atoms. The van der Waals surface area contributed by atoms with Gasteiger partial charge < -0.3 is 29.5 Å². The van der Waals surface area contributed by atoms with E-state index < -0.39 is 12.5 Å². The molecule has 0 saturated carbocycles. The average Bonchev–Trinajstić information content (AvgIpc) is 3.31. The van der Waals surface area contributed by atoms with Crippen molar-refractivity contribution >= 4 is 5.69 Å². The van der Waals surface area contributed by atoms with Crippen molar-refractivity contribution in [2.75, 3.05) is 44.8 Å². The van der Waals surface area contributed by atoms with Crippen molar-refractivity contribution in [3.63, 3.8) is 0 Å². The van der Waals surface area contributed by atoms with E-state index in [1.807, 2.05) is 18.2 Å². The van der Waals surface area contributed by atoms with Gasteiger partial charge in [0.15, 0.2) is 11.5 Å². The Morgan fingerprint density at radius 1 is 1.00 bits per heavy atom. The fraction of sp³-hybridized carbons (Fsp3) is 0.478. The molecule has 4 rings (SSSR count). The second kappa shape index (κ2) is 10.5. The van der Waals surface area contributed by atoms with Gasteiger partial charge in [-0.3, -0.25) is 5.32 Å². The number of benzene rings is 2. The van der Waals surface area contributed by atoms with Crippen LogP contribution in [0.4, 0.5) is 18.9 Å². The Morgan fingerprint density at radius 2 is 1.70 bits per heavy atom. The van der Waals surface area contributed by atoms with E-state index in [4.69, 9.17) is 9.47 Å². The minimum absolute atomic E-state index is 0.272. The maximum Gasteiger partial charge on any atom is 0.573 e. The summed E-state index contributed by atoms with van der Waals surface area (Å²) in [6, 6.07) is 10.7. The predicted octanol–water partition coefficient (Wildman–Crippen LogP) is 3.51. The van der Waals surface area contributed by atoms with Gasteiger partial charge in [-0.15, -0.1) is 13.2 Å². The van der Waals surface area contributed by atoms with Crippen LogP contribution < -0.4 is 24.8 Å². The highest BCUT2D eigenvalue weighted by molar-refractivity contribution is 5.46. The smallest absolute Gasteiger partial charge is 0.486 e. The van der Waals surface area contributed by atoms with E-state index in [-0.39, 0.29) is 11.8 Å². The minimum Gasteiger partial charge on any atom is -0.486 e. The molecule has 0 radical (unpaired) electrons. The van der Waals surface area contributed by atoms with Gasteiger partial charge in [0.05, 0.1) is 18.8 Å². The van der Waals surface area contributed by atoms with Crippen LogP contribution in [0.15, 0.2) is 42.5 Å². The maximum atomic E-state index is 12.3. The lowest BCUT2D eigenvalue weighted by Crippen LogP contribution is -2.45. The van der Waals surface area contributed by atoms with Crippen molar-refractivity contribution in [3.05, 3.63) is 48.0 Å². The molecule has 2 aromatic rings. The molecule has 33 heavy (non-hydrogen) atoms. The van der Waals surface area contributed by atoms with Gasteiger partial charge in [0.1, 0.15) is 19.0 Å². The molecule has 2 aromatic carbocycles. The molecule has 7 nitrogen and oxygen atoms in total. The number of fused-ring (bicyclic) bond motifs is 1. The van der Waals surface area contributed by atoms with Crippen LogP contribution in [0.3, 0.4) is 0 Å². The molecule has 0 aliphatic carbocycles. The largest absolute Gasteiger partial charge is 0.573 e. The SMILES string of the molecule is O[C@H](c1ccc2c(c1)OCCO2)[C@@H](CN1CCCC1)NCNc1ccc(OC(F)(F)F)cc1. The Balaban J connectivity index is 1.38. The number of rotatable bonds is 9. The van der Waals surface area contributed by atoms with Crippen LogP contribution >= 0.6 is 0 Å². The second-order valence-electron chi connectivity index (χ2n) is 8.09. The summed E-state index contributed by atoms with van der Waals surface area (Å²) in [5.41, 5.74) is 1.36. The lowest BCUT2D eigenvalue weighted by Gasteiger charge is -2.30. The van der Waals surface area contributed by atoms with Gasteiger partial charge in [-0.1, -0.05) is 6.07 Å².